The van der Waals surface area contributed by atoms with Crippen LogP contribution in [-0.4, -0.2) is 5.78 Å². The van der Waals surface area contributed by atoms with Gasteiger partial charge in [0.1, 0.15) is 0 Å². The Balaban J connectivity index is 0. The van der Waals surface area contributed by atoms with Gasteiger partial charge < -0.3 is 0 Å². The maximum absolute atomic E-state index is 9.69. The molecule has 0 aromatic heterocycles. The molecule has 0 spiro atoms. The molecule has 1 heteroatoms. The number of ketones is 1. The van der Waals surface area contributed by atoms with E-state index in [4.69, 9.17) is 0 Å². The molecule has 0 saturated heterocycles. The SMILES string of the molecule is C=CC(C)=O.[C]. The van der Waals surface area contributed by atoms with E-state index < -0.39 is 0 Å². The van der Waals surface area contributed by atoms with E-state index in [9.17, 15) is 4.79 Å². The molecule has 6 heavy (non-hydrogen) atoms. The molecule has 0 fully saturated rings. The summed E-state index contributed by atoms with van der Waals surface area (Å²) in [6, 6.07) is 0. The summed E-state index contributed by atoms with van der Waals surface area (Å²) >= 11 is 0. The molecule has 1 nitrogen and oxygen atoms in total. The third-order valence-electron chi connectivity index (χ3n) is 0.287. The van der Waals surface area contributed by atoms with Crippen LogP contribution in [-0.2, 0) is 4.79 Å². The molecule has 0 rings (SSSR count). The summed E-state index contributed by atoms with van der Waals surface area (Å²) in [4.78, 5) is 9.69. The second-order valence-electron chi connectivity index (χ2n) is 0.815. The molecule has 0 unspecified atom stereocenters. The first-order chi connectivity index (χ1) is 2.27. The van der Waals surface area contributed by atoms with Crippen molar-refractivity contribution in [2.45, 2.75) is 6.92 Å². The first kappa shape index (κ1) is 9.05. The average Bonchev–Trinajstić information content (AvgIpc) is 1.38. The maximum Gasteiger partial charge on any atom is 0.152 e. The van der Waals surface area contributed by atoms with Gasteiger partial charge in [0.15, 0.2) is 5.78 Å². The minimum absolute atomic E-state index is 0. The lowest BCUT2D eigenvalue weighted by Crippen LogP contribution is -1.74. The van der Waals surface area contributed by atoms with Gasteiger partial charge in [-0.2, -0.15) is 0 Å². The van der Waals surface area contributed by atoms with Crippen LogP contribution < -0.4 is 0 Å². The standard InChI is InChI=1S/C4H6O.C/c1-3-4(2)5;/h3H,1H2,2H3;. The van der Waals surface area contributed by atoms with Crippen molar-refractivity contribution in [3.63, 3.8) is 0 Å². The van der Waals surface area contributed by atoms with Gasteiger partial charge >= 0.3 is 0 Å². The average molecular weight is 82.1 g/mol. The highest BCUT2D eigenvalue weighted by molar-refractivity contribution is 5.86. The van der Waals surface area contributed by atoms with Crippen LogP contribution >= 0.6 is 0 Å². The van der Waals surface area contributed by atoms with Crippen molar-refractivity contribution < 1.29 is 4.79 Å². The molecule has 0 atom stereocenters. The Hall–Kier alpha value is -0.590. The Morgan fingerprint density at radius 2 is 2.00 bits per heavy atom. The van der Waals surface area contributed by atoms with Crippen LogP contribution in [0.1, 0.15) is 6.92 Å². The van der Waals surface area contributed by atoms with Crippen LogP contribution in [0.25, 0.3) is 0 Å². The zero-order chi connectivity index (χ0) is 4.28. The van der Waals surface area contributed by atoms with Crippen LogP contribution in [0, 0.1) is 7.43 Å². The molecule has 0 aliphatic rings. The molecule has 0 aliphatic carbocycles. The molecule has 0 bridgehead atoms. The Labute approximate surface area is 38.7 Å². The van der Waals surface area contributed by atoms with Gasteiger partial charge in [-0.25, -0.2) is 0 Å². The zero-order valence-electron chi connectivity index (χ0n) is 3.69. The van der Waals surface area contributed by atoms with Crippen LogP contribution in [0.3, 0.4) is 0 Å². The zero-order valence-corrected chi connectivity index (χ0v) is 3.69. The minimum Gasteiger partial charge on any atom is -0.295 e. The second-order valence-corrected chi connectivity index (χ2v) is 0.815. The molecule has 0 amide bonds. The summed E-state index contributed by atoms with van der Waals surface area (Å²) in [7, 11) is 0. The van der Waals surface area contributed by atoms with Crippen molar-refractivity contribution in [1.82, 2.24) is 0 Å². The van der Waals surface area contributed by atoms with Gasteiger partial charge in [0.25, 0.3) is 0 Å². The lowest BCUT2D eigenvalue weighted by Gasteiger charge is -1.62. The number of hydrogen-bond donors (Lipinski definition) is 0. The lowest BCUT2D eigenvalue weighted by molar-refractivity contribution is -0.112. The summed E-state index contributed by atoms with van der Waals surface area (Å²) in [5, 5.41) is 0. The van der Waals surface area contributed by atoms with E-state index in [0.29, 0.717) is 0 Å². The Bertz CT molecular complexity index is 55.0. The van der Waals surface area contributed by atoms with E-state index in [1.165, 1.54) is 13.0 Å². The molecule has 0 heterocycles. The van der Waals surface area contributed by atoms with Crippen molar-refractivity contribution in [2.75, 3.05) is 0 Å². The van der Waals surface area contributed by atoms with Gasteiger partial charge in [0.05, 0.1) is 0 Å². The van der Waals surface area contributed by atoms with E-state index in [0.717, 1.165) is 0 Å². The molecule has 4 radical (unpaired) electrons. The molecule has 0 aromatic rings. The number of carbonyl (C=O) groups excluding carboxylic acids is 1. The van der Waals surface area contributed by atoms with E-state index in [1.807, 2.05) is 0 Å². The van der Waals surface area contributed by atoms with E-state index in [-0.39, 0.29) is 13.2 Å². The monoisotopic (exact) mass is 82.0 g/mol. The van der Waals surface area contributed by atoms with Gasteiger partial charge in [-0.3, -0.25) is 4.79 Å². The Morgan fingerprint density at radius 3 is 2.00 bits per heavy atom. The third-order valence-corrected chi connectivity index (χ3v) is 0.287. The van der Waals surface area contributed by atoms with E-state index in [2.05, 4.69) is 6.58 Å². The van der Waals surface area contributed by atoms with E-state index in [1.54, 1.807) is 0 Å². The van der Waals surface area contributed by atoms with Crippen LogP contribution in [0.2, 0.25) is 0 Å². The fourth-order valence-corrected chi connectivity index (χ4v) is 0. The summed E-state index contributed by atoms with van der Waals surface area (Å²) in [5.74, 6) is 0.0185. The number of rotatable bonds is 1. The predicted molar refractivity (Wildman–Crippen MR) is 24.1 cm³/mol. The fourth-order valence-electron chi connectivity index (χ4n) is 0. The Kier molecular flexibility index (Phi) is 6.65. The third kappa shape index (κ3) is 9.96. The van der Waals surface area contributed by atoms with Crippen molar-refractivity contribution in [2.24, 2.45) is 0 Å². The van der Waals surface area contributed by atoms with Crippen LogP contribution in [0.15, 0.2) is 12.7 Å². The smallest absolute Gasteiger partial charge is 0.152 e. The minimum atomic E-state index is 0. The molecular weight excluding hydrogens is 76.1 g/mol. The first-order valence-corrected chi connectivity index (χ1v) is 1.40. The highest BCUT2D eigenvalue weighted by atomic mass is 16.1. The van der Waals surface area contributed by atoms with Crippen molar-refractivity contribution in [1.29, 1.82) is 0 Å². The van der Waals surface area contributed by atoms with Crippen molar-refractivity contribution in [3.8, 4) is 0 Å². The van der Waals surface area contributed by atoms with Gasteiger partial charge in [-0.05, 0) is 13.0 Å². The predicted octanol–water partition coefficient (Wildman–Crippen LogP) is 0.843. The second kappa shape index (κ2) is 4.41. The van der Waals surface area contributed by atoms with Gasteiger partial charge in [-0.15, -0.1) is 0 Å². The topological polar surface area (TPSA) is 17.1 Å². The number of allylic oxidation sites excluding steroid dienone is 1. The largest absolute Gasteiger partial charge is 0.295 e. The summed E-state index contributed by atoms with van der Waals surface area (Å²) in [6.07, 6.45) is 1.28. The highest BCUT2D eigenvalue weighted by Gasteiger charge is 1.69. The number of hydrogen-bond acceptors (Lipinski definition) is 1. The van der Waals surface area contributed by atoms with Crippen LogP contribution in [0.4, 0.5) is 0 Å². The van der Waals surface area contributed by atoms with Crippen LogP contribution in [0.5, 0.6) is 0 Å². The molecule has 0 N–H and O–H groups in total. The maximum atomic E-state index is 9.69. The van der Waals surface area contributed by atoms with Crippen molar-refractivity contribution >= 4 is 5.78 Å². The summed E-state index contributed by atoms with van der Waals surface area (Å²) < 4.78 is 0. The molecule has 0 aromatic carbocycles. The Morgan fingerprint density at radius 1 is 1.83 bits per heavy atom. The molecule has 0 aliphatic heterocycles. The first-order valence-electron chi connectivity index (χ1n) is 1.40. The summed E-state index contributed by atoms with van der Waals surface area (Å²) in [6.45, 7) is 4.68. The summed E-state index contributed by atoms with van der Waals surface area (Å²) in [5.41, 5.74) is 0. The normalized spacial score (nSPS) is 5.50. The number of carbonyl (C=O) groups is 1. The van der Waals surface area contributed by atoms with Gasteiger partial charge in [-0.1, -0.05) is 6.58 Å². The molecular formula is C5H6O. The van der Waals surface area contributed by atoms with E-state index >= 15 is 0 Å². The van der Waals surface area contributed by atoms with Gasteiger partial charge in [0, 0.05) is 7.43 Å². The quantitative estimate of drug-likeness (QED) is 0.428. The molecule has 32 valence electrons. The molecule has 0 saturated carbocycles. The fraction of sp³-hybridized carbons (Fsp3) is 0.200. The lowest BCUT2D eigenvalue weighted by atomic mass is 10.5. The van der Waals surface area contributed by atoms with Gasteiger partial charge in [0.2, 0.25) is 0 Å². The highest BCUT2D eigenvalue weighted by Crippen LogP contribution is 1.60. The van der Waals surface area contributed by atoms with Crippen molar-refractivity contribution in [3.05, 3.63) is 20.1 Å².